The van der Waals surface area contributed by atoms with Crippen LogP contribution in [0.25, 0.3) is 0 Å². The maximum absolute atomic E-state index is 11.8. The summed E-state index contributed by atoms with van der Waals surface area (Å²) >= 11 is 0. The lowest BCUT2D eigenvalue weighted by Crippen LogP contribution is -2.50. The fourth-order valence-electron chi connectivity index (χ4n) is 6.47. The van der Waals surface area contributed by atoms with Crippen LogP contribution < -0.4 is 0 Å². The van der Waals surface area contributed by atoms with Gasteiger partial charge in [0.15, 0.2) is 5.78 Å². The van der Waals surface area contributed by atoms with Crippen LogP contribution in [0, 0.1) is 28.6 Å². The van der Waals surface area contributed by atoms with Crippen molar-refractivity contribution in [1.82, 2.24) is 0 Å². The Labute approximate surface area is 133 Å². The summed E-state index contributed by atoms with van der Waals surface area (Å²) in [5, 5.41) is 9.54. The first-order valence-electron chi connectivity index (χ1n) is 9.11. The van der Waals surface area contributed by atoms with E-state index in [1.54, 1.807) is 0 Å². The van der Waals surface area contributed by atoms with Crippen molar-refractivity contribution in [3.8, 4) is 0 Å². The van der Waals surface area contributed by atoms with E-state index in [2.05, 4.69) is 19.1 Å². The number of fused-ring (bicyclic) bond motifs is 5. The molecule has 2 fully saturated rings. The molecule has 0 amide bonds. The third-order valence-electron chi connectivity index (χ3n) is 7.63. The van der Waals surface area contributed by atoms with Crippen molar-refractivity contribution in [2.24, 2.45) is 28.6 Å². The summed E-state index contributed by atoms with van der Waals surface area (Å²) in [6.07, 6.45) is 15.6. The highest BCUT2D eigenvalue weighted by atomic mass is 16.3. The van der Waals surface area contributed by atoms with Crippen LogP contribution >= 0.6 is 0 Å². The fraction of sp³-hybridized carbons (Fsp3) is 0.750. The average Bonchev–Trinajstić information content (AvgIpc) is 2.92. The molecule has 0 spiro atoms. The van der Waals surface area contributed by atoms with Crippen LogP contribution in [0.15, 0.2) is 23.8 Å². The zero-order valence-corrected chi connectivity index (χ0v) is 13.7. The molecule has 5 atom stereocenters. The molecule has 4 rings (SSSR count). The number of carbonyl (C=O) groups is 1. The minimum absolute atomic E-state index is 0.269. The number of rotatable bonds is 2. The summed E-state index contributed by atoms with van der Waals surface area (Å²) in [5.74, 6) is 2.61. The van der Waals surface area contributed by atoms with E-state index in [1.165, 1.54) is 31.3 Å². The van der Waals surface area contributed by atoms with E-state index in [0.29, 0.717) is 12.4 Å². The third kappa shape index (κ3) is 1.92. The first kappa shape index (κ1) is 14.7. The predicted octanol–water partition coefficient (Wildman–Crippen LogP) is 4.05. The van der Waals surface area contributed by atoms with Crippen molar-refractivity contribution in [1.29, 1.82) is 0 Å². The molecule has 0 radical (unpaired) electrons. The zero-order valence-electron chi connectivity index (χ0n) is 13.7. The molecular weight excluding hydrogens is 272 g/mol. The Morgan fingerprint density at radius 3 is 2.91 bits per heavy atom. The quantitative estimate of drug-likeness (QED) is 0.781. The maximum Gasteiger partial charge on any atom is 0.155 e. The molecule has 120 valence electrons. The number of aliphatic hydroxyl groups excluding tert-OH is 1. The van der Waals surface area contributed by atoms with Crippen LogP contribution in [0.4, 0.5) is 0 Å². The van der Waals surface area contributed by atoms with Gasteiger partial charge in [-0.3, -0.25) is 4.79 Å². The molecule has 0 aromatic carbocycles. The van der Waals surface area contributed by atoms with Crippen LogP contribution in [0.5, 0.6) is 0 Å². The summed E-state index contributed by atoms with van der Waals surface area (Å²) in [6, 6.07) is 0. The lowest BCUT2D eigenvalue weighted by Gasteiger charge is -2.57. The Morgan fingerprint density at radius 2 is 2.09 bits per heavy atom. The standard InChI is InChI=1S/C20H28O2/c1-19-9-6-15(22)13-14(19)4-5-16-17(19)7-10-20(11-12-21)8-2-3-18(16)20/h2,8,13,16-18,21H,3-7,9-12H2,1H3/t16-,17+,18+,19+,20+/m1/s1. The molecule has 22 heavy (non-hydrogen) atoms. The number of hydrogen-bond donors (Lipinski definition) is 1. The van der Waals surface area contributed by atoms with E-state index in [0.717, 1.165) is 43.4 Å². The van der Waals surface area contributed by atoms with E-state index in [9.17, 15) is 9.90 Å². The van der Waals surface area contributed by atoms with Crippen LogP contribution in [-0.4, -0.2) is 17.5 Å². The number of ketones is 1. The van der Waals surface area contributed by atoms with Gasteiger partial charge in [0, 0.05) is 13.0 Å². The van der Waals surface area contributed by atoms with Crippen molar-refractivity contribution in [2.45, 2.75) is 58.3 Å². The molecule has 0 bridgehead atoms. The highest BCUT2D eigenvalue weighted by molar-refractivity contribution is 5.91. The highest BCUT2D eigenvalue weighted by Crippen LogP contribution is 2.64. The van der Waals surface area contributed by atoms with Gasteiger partial charge in [-0.05, 0) is 79.6 Å². The van der Waals surface area contributed by atoms with Gasteiger partial charge in [-0.2, -0.15) is 0 Å². The minimum atomic E-state index is 0.269. The fourth-order valence-corrected chi connectivity index (χ4v) is 6.47. The van der Waals surface area contributed by atoms with Crippen LogP contribution in [0.3, 0.4) is 0 Å². The molecular formula is C20H28O2. The highest BCUT2D eigenvalue weighted by Gasteiger charge is 2.56. The Bertz CT molecular complexity index is 546. The van der Waals surface area contributed by atoms with E-state index >= 15 is 0 Å². The second-order valence-corrected chi connectivity index (χ2v) is 8.35. The Kier molecular flexibility index (Phi) is 3.38. The van der Waals surface area contributed by atoms with E-state index in [-0.39, 0.29) is 10.8 Å². The molecule has 0 aromatic rings. The van der Waals surface area contributed by atoms with Crippen molar-refractivity contribution >= 4 is 5.78 Å². The largest absolute Gasteiger partial charge is 0.396 e. The molecule has 4 aliphatic rings. The lowest BCUT2D eigenvalue weighted by molar-refractivity contribution is -0.117. The van der Waals surface area contributed by atoms with Crippen molar-refractivity contribution in [3.05, 3.63) is 23.8 Å². The smallest absolute Gasteiger partial charge is 0.155 e. The van der Waals surface area contributed by atoms with Gasteiger partial charge >= 0.3 is 0 Å². The van der Waals surface area contributed by atoms with Gasteiger partial charge in [0.2, 0.25) is 0 Å². The summed E-state index contributed by atoms with van der Waals surface area (Å²) in [5.41, 5.74) is 1.99. The first-order valence-corrected chi connectivity index (χ1v) is 9.11. The number of aliphatic hydroxyl groups is 1. The molecule has 0 unspecified atom stereocenters. The molecule has 2 saturated carbocycles. The molecule has 2 nitrogen and oxygen atoms in total. The topological polar surface area (TPSA) is 37.3 Å². The second kappa shape index (κ2) is 5.06. The van der Waals surface area contributed by atoms with Gasteiger partial charge < -0.3 is 5.11 Å². The lowest BCUT2D eigenvalue weighted by atomic mass is 9.47. The first-order chi connectivity index (χ1) is 10.6. The Balaban J connectivity index is 1.66. The molecule has 2 heteroatoms. The summed E-state index contributed by atoms with van der Waals surface area (Å²) < 4.78 is 0. The summed E-state index contributed by atoms with van der Waals surface area (Å²) in [4.78, 5) is 11.8. The van der Waals surface area contributed by atoms with Gasteiger partial charge in [0.05, 0.1) is 0 Å². The van der Waals surface area contributed by atoms with Crippen LogP contribution in [0.2, 0.25) is 0 Å². The van der Waals surface area contributed by atoms with Crippen LogP contribution in [-0.2, 0) is 4.79 Å². The van der Waals surface area contributed by atoms with Gasteiger partial charge in [0.1, 0.15) is 0 Å². The van der Waals surface area contributed by atoms with Crippen LogP contribution in [0.1, 0.15) is 58.3 Å². The van der Waals surface area contributed by atoms with E-state index < -0.39 is 0 Å². The number of allylic oxidation sites excluding steroid dienone is 4. The molecule has 0 aromatic heterocycles. The maximum atomic E-state index is 11.8. The molecule has 0 saturated heterocycles. The van der Waals surface area contributed by atoms with Crippen molar-refractivity contribution in [2.75, 3.05) is 6.61 Å². The zero-order chi connectivity index (χ0) is 15.4. The number of carbonyl (C=O) groups excluding carboxylic acids is 1. The Morgan fingerprint density at radius 1 is 1.23 bits per heavy atom. The van der Waals surface area contributed by atoms with E-state index in [1.807, 2.05) is 6.08 Å². The normalized spacial score (nSPS) is 46.7. The average molecular weight is 300 g/mol. The Hall–Kier alpha value is -0.890. The second-order valence-electron chi connectivity index (χ2n) is 8.35. The molecule has 4 aliphatic carbocycles. The molecule has 0 aliphatic heterocycles. The molecule has 0 heterocycles. The van der Waals surface area contributed by atoms with Crippen molar-refractivity contribution < 1.29 is 9.90 Å². The number of hydrogen-bond acceptors (Lipinski definition) is 2. The third-order valence-corrected chi connectivity index (χ3v) is 7.63. The van der Waals surface area contributed by atoms with Gasteiger partial charge in [0.25, 0.3) is 0 Å². The summed E-state index contributed by atoms with van der Waals surface area (Å²) in [6.45, 7) is 2.75. The summed E-state index contributed by atoms with van der Waals surface area (Å²) in [7, 11) is 0. The molecule has 1 N–H and O–H groups in total. The SMILES string of the molecule is C[C@]12CCC(=O)C=C1CC[C@H]1[C@@H]3CC=C[C@@]3(CCO)CC[C@@H]12. The van der Waals surface area contributed by atoms with Gasteiger partial charge in [-0.15, -0.1) is 0 Å². The van der Waals surface area contributed by atoms with Gasteiger partial charge in [-0.25, -0.2) is 0 Å². The van der Waals surface area contributed by atoms with Crippen molar-refractivity contribution in [3.63, 3.8) is 0 Å². The monoisotopic (exact) mass is 300 g/mol. The van der Waals surface area contributed by atoms with E-state index in [4.69, 9.17) is 0 Å². The van der Waals surface area contributed by atoms with Gasteiger partial charge in [-0.1, -0.05) is 24.6 Å². The predicted molar refractivity (Wildman–Crippen MR) is 87.3 cm³/mol. The minimum Gasteiger partial charge on any atom is -0.396 e.